The average molecular weight is 418 g/mol. The standard InChI is InChI=1S/C15H22N4S.HI/c16-15(18-13-3-4-13)17-11-12-1-5-14(6-2-12)19-7-9-20-10-8-19;/h1-2,5-6,13H,3-4,7-11H2,(H3,16,17,18);1H. The molecule has 0 spiro atoms. The molecule has 0 aromatic heterocycles. The van der Waals surface area contributed by atoms with Crippen molar-refractivity contribution in [1.82, 2.24) is 5.32 Å². The summed E-state index contributed by atoms with van der Waals surface area (Å²) in [7, 11) is 0. The molecule has 0 bridgehead atoms. The number of nitrogens with one attached hydrogen (secondary N) is 1. The fourth-order valence-electron chi connectivity index (χ4n) is 2.29. The number of thioether (sulfide) groups is 1. The number of anilines is 1. The molecule has 3 N–H and O–H groups in total. The number of aliphatic imine (C=N–C) groups is 1. The molecule has 0 amide bonds. The first-order valence-corrected chi connectivity index (χ1v) is 8.45. The molecule has 4 nitrogen and oxygen atoms in total. The van der Waals surface area contributed by atoms with Crippen molar-refractivity contribution in [2.75, 3.05) is 29.5 Å². The molecule has 1 aliphatic heterocycles. The number of hydrogen-bond donors (Lipinski definition) is 2. The second kappa shape index (κ2) is 8.12. The maximum Gasteiger partial charge on any atom is 0.189 e. The Balaban J connectivity index is 0.00000161. The van der Waals surface area contributed by atoms with Crippen molar-refractivity contribution in [1.29, 1.82) is 0 Å². The summed E-state index contributed by atoms with van der Waals surface area (Å²) in [6, 6.07) is 9.28. The number of nitrogens with zero attached hydrogens (tertiary/aromatic N) is 2. The number of halogens is 1. The summed E-state index contributed by atoms with van der Waals surface area (Å²) in [4.78, 5) is 6.83. The van der Waals surface area contributed by atoms with Crippen molar-refractivity contribution >= 4 is 47.4 Å². The number of hydrogen-bond acceptors (Lipinski definition) is 3. The lowest BCUT2D eigenvalue weighted by Gasteiger charge is -2.28. The van der Waals surface area contributed by atoms with E-state index in [1.165, 1.54) is 35.6 Å². The summed E-state index contributed by atoms with van der Waals surface area (Å²) >= 11 is 2.04. The minimum absolute atomic E-state index is 0. The van der Waals surface area contributed by atoms with Crippen LogP contribution in [0.1, 0.15) is 18.4 Å². The van der Waals surface area contributed by atoms with Gasteiger partial charge in [0.15, 0.2) is 5.96 Å². The molecule has 6 heteroatoms. The Morgan fingerprint density at radius 1 is 1.24 bits per heavy atom. The van der Waals surface area contributed by atoms with Crippen LogP contribution in [0.5, 0.6) is 0 Å². The molecule has 0 unspecified atom stereocenters. The van der Waals surface area contributed by atoms with Crippen molar-refractivity contribution in [3.8, 4) is 0 Å². The molecular formula is C15H23IN4S. The molecule has 0 radical (unpaired) electrons. The molecule has 2 fully saturated rings. The molecule has 1 aromatic rings. The van der Waals surface area contributed by atoms with E-state index in [4.69, 9.17) is 5.73 Å². The highest BCUT2D eigenvalue weighted by atomic mass is 127. The molecule has 1 saturated heterocycles. The van der Waals surface area contributed by atoms with Gasteiger partial charge >= 0.3 is 0 Å². The third-order valence-corrected chi connectivity index (χ3v) is 4.62. The van der Waals surface area contributed by atoms with Crippen LogP contribution in [0, 0.1) is 0 Å². The molecule has 1 aromatic carbocycles. The van der Waals surface area contributed by atoms with E-state index in [0.717, 1.165) is 13.1 Å². The van der Waals surface area contributed by atoms with Gasteiger partial charge in [0.1, 0.15) is 0 Å². The summed E-state index contributed by atoms with van der Waals surface area (Å²) in [5.74, 6) is 3.04. The van der Waals surface area contributed by atoms with Gasteiger partial charge in [-0.2, -0.15) is 11.8 Å². The predicted molar refractivity (Wildman–Crippen MR) is 103 cm³/mol. The summed E-state index contributed by atoms with van der Waals surface area (Å²) < 4.78 is 0. The average Bonchev–Trinajstić information content (AvgIpc) is 3.31. The van der Waals surface area contributed by atoms with E-state index >= 15 is 0 Å². The van der Waals surface area contributed by atoms with Gasteiger partial charge in [0.2, 0.25) is 0 Å². The van der Waals surface area contributed by atoms with Gasteiger partial charge in [0, 0.05) is 36.3 Å². The van der Waals surface area contributed by atoms with Crippen LogP contribution in [0.2, 0.25) is 0 Å². The summed E-state index contributed by atoms with van der Waals surface area (Å²) in [6.45, 7) is 2.96. The largest absolute Gasteiger partial charge is 0.370 e. The minimum Gasteiger partial charge on any atom is -0.370 e. The van der Waals surface area contributed by atoms with E-state index in [2.05, 4.69) is 39.5 Å². The van der Waals surface area contributed by atoms with Gasteiger partial charge in [-0.25, -0.2) is 4.99 Å². The van der Waals surface area contributed by atoms with Gasteiger partial charge in [0.05, 0.1) is 6.54 Å². The second-order valence-corrected chi connectivity index (χ2v) is 6.61. The van der Waals surface area contributed by atoms with Crippen molar-refractivity contribution in [2.45, 2.75) is 25.4 Å². The van der Waals surface area contributed by atoms with Gasteiger partial charge in [-0.1, -0.05) is 12.1 Å². The monoisotopic (exact) mass is 418 g/mol. The van der Waals surface area contributed by atoms with Crippen LogP contribution in [0.25, 0.3) is 0 Å². The molecule has 1 aliphatic carbocycles. The smallest absolute Gasteiger partial charge is 0.189 e. The minimum atomic E-state index is 0. The second-order valence-electron chi connectivity index (χ2n) is 5.39. The Labute approximate surface area is 148 Å². The Morgan fingerprint density at radius 3 is 2.52 bits per heavy atom. The van der Waals surface area contributed by atoms with Crippen molar-refractivity contribution in [2.24, 2.45) is 10.7 Å². The lowest BCUT2D eigenvalue weighted by Crippen LogP contribution is -2.33. The molecular weight excluding hydrogens is 395 g/mol. The van der Waals surface area contributed by atoms with Gasteiger partial charge in [-0.3, -0.25) is 0 Å². The maximum absolute atomic E-state index is 5.84. The third kappa shape index (κ3) is 5.25. The zero-order chi connectivity index (χ0) is 13.8. The van der Waals surface area contributed by atoms with E-state index < -0.39 is 0 Å². The third-order valence-electron chi connectivity index (χ3n) is 3.67. The number of benzene rings is 1. The normalized spacial score (nSPS) is 19.0. The van der Waals surface area contributed by atoms with Gasteiger partial charge in [-0.05, 0) is 30.5 Å². The van der Waals surface area contributed by atoms with Crippen molar-refractivity contribution in [3.05, 3.63) is 29.8 Å². The van der Waals surface area contributed by atoms with Crippen LogP contribution in [-0.4, -0.2) is 36.6 Å². The highest BCUT2D eigenvalue weighted by Gasteiger charge is 2.21. The molecule has 2 aliphatic rings. The maximum atomic E-state index is 5.84. The van der Waals surface area contributed by atoms with Crippen molar-refractivity contribution < 1.29 is 0 Å². The SMILES string of the molecule is I.NC(=NCc1ccc(N2CCSCC2)cc1)NC1CC1. The predicted octanol–water partition coefficient (Wildman–Crippen LogP) is 2.42. The lowest BCUT2D eigenvalue weighted by molar-refractivity contribution is 0.857. The number of rotatable bonds is 4. The fraction of sp³-hybridized carbons (Fsp3) is 0.533. The van der Waals surface area contributed by atoms with Crippen LogP contribution in [0.4, 0.5) is 5.69 Å². The summed E-state index contributed by atoms with van der Waals surface area (Å²) in [5, 5.41) is 3.20. The van der Waals surface area contributed by atoms with Crippen LogP contribution in [0.15, 0.2) is 29.3 Å². The molecule has 21 heavy (non-hydrogen) atoms. The van der Waals surface area contributed by atoms with Crippen LogP contribution < -0.4 is 16.0 Å². The van der Waals surface area contributed by atoms with Crippen LogP contribution in [0.3, 0.4) is 0 Å². The van der Waals surface area contributed by atoms with Crippen LogP contribution in [-0.2, 0) is 6.54 Å². The Morgan fingerprint density at radius 2 is 1.90 bits per heavy atom. The summed E-state index contributed by atoms with van der Waals surface area (Å²) in [6.07, 6.45) is 2.44. The first-order valence-electron chi connectivity index (χ1n) is 7.29. The zero-order valence-electron chi connectivity index (χ0n) is 12.1. The Kier molecular flexibility index (Phi) is 6.47. The quantitative estimate of drug-likeness (QED) is 0.448. The van der Waals surface area contributed by atoms with E-state index in [9.17, 15) is 0 Å². The molecule has 3 rings (SSSR count). The highest BCUT2D eigenvalue weighted by molar-refractivity contribution is 14.0. The molecule has 0 atom stereocenters. The Bertz CT molecular complexity index is 467. The van der Waals surface area contributed by atoms with E-state index in [0.29, 0.717) is 18.5 Å². The topological polar surface area (TPSA) is 53.6 Å². The van der Waals surface area contributed by atoms with Gasteiger partial charge < -0.3 is 16.0 Å². The number of nitrogens with two attached hydrogens (primary N) is 1. The van der Waals surface area contributed by atoms with E-state index in [-0.39, 0.29) is 24.0 Å². The van der Waals surface area contributed by atoms with E-state index in [1.54, 1.807) is 0 Å². The van der Waals surface area contributed by atoms with Crippen LogP contribution >= 0.6 is 35.7 Å². The van der Waals surface area contributed by atoms with Crippen molar-refractivity contribution in [3.63, 3.8) is 0 Å². The fourth-order valence-corrected chi connectivity index (χ4v) is 3.20. The highest BCUT2D eigenvalue weighted by Crippen LogP contribution is 2.20. The molecule has 1 saturated carbocycles. The zero-order valence-corrected chi connectivity index (χ0v) is 15.3. The van der Waals surface area contributed by atoms with Gasteiger partial charge in [0.25, 0.3) is 0 Å². The molecule has 1 heterocycles. The Hall–Kier alpha value is -0.630. The van der Waals surface area contributed by atoms with E-state index in [1.807, 2.05) is 11.8 Å². The molecule has 116 valence electrons. The summed E-state index contributed by atoms with van der Waals surface area (Å²) in [5.41, 5.74) is 8.37. The number of guanidine groups is 1. The van der Waals surface area contributed by atoms with Gasteiger partial charge in [-0.15, -0.1) is 24.0 Å². The lowest BCUT2D eigenvalue weighted by atomic mass is 10.2. The first kappa shape index (κ1) is 16.7. The first-order chi connectivity index (χ1) is 9.81.